The molecule has 1 unspecified atom stereocenters. The molecular weight excluding hydrogens is 308 g/mol. The molecule has 0 saturated heterocycles. The molecule has 1 atom stereocenters. The topological polar surface area (TPSA) is 50.1 Å². The minimum absolute atomic E-state index is 0.294. The zero-order valence-corrected chi connectivity index (χ0v) is 12.7. The summed E-state index contributed by atoms with van der Waals surface area (Å²) in [4.78, 5) is 0. The third kappa shape index (κ3) is 2.09. The number of ether oxygens (including phenoxy) is 4. The molecule has 0 N–H and O–H groups in total. The van der Waals surface area contributed by atoms with Gasteiger partial charge in [-0.3, -0.25) is 0 Å². The Morgan fingerprint density at radius 1 is 0.750 bits per heavy atom. The maximum absolute atomic E-state index is 6.14. The minimum Gasteiger partial charge on any atom is -0.485 e. The van der Waals surface area contributed by atoms with Crippen molar-refractivity contribution >= 4 is 0 Å². The van der Waals surface area contributed by atoms with Gasteiger partial charge in [-0.2, -0.15) is 0 Å². The number of rotatable bonds is 2. The highest BCUT2D eigenvalue weighted by Crippen LogP contribution is 2.46. The van der Waals surface area contributed by atoms with Gasteiger partial charge in [0.1, 0.15) is 12.4 Å². The average molecular weight is 322 g/mol. The summed E-state index contributed by atoms with van der Waals surface area (Å²) in [5, 5.41) is 0. The second-order valence-electron chi connectivity index (χ2n) is 5.62. The third-order valence-electron chi connectivity index (χ3n) is 4.09. The van der Waals surface area contributed by atoms with Crippen molar-refractivity contribution in [3.8, 4) is 23.0 Å². The van der Waals surface area contributed by atoms with E-state index in [4.69, 9.17) is 23.4 Å². The van der Waals surface area contributed by atoms with E-state index in [1.165, 1.54) is 0 Å². The molecule has 5 heteroatoms. The average Bonchev–Trinajstić information content (AvgIpc) is 3.30. The lowest BCUT2D eigenvalue weighted by atomic mass is 10.1. The number of para-hydroxylation sites is 3. The van der Waals surface area contributed by atoms with E-state index in [1.807, 2.05) is 54.6 Å². The standard InChI is InChI=1S/C19H14O5/c1-2-7-15-14(6-1)23-19(24-15)12-5-3-8-16-18(12)22-17(11-21-16)13-9-4-10-20-13/h1-10,17,19H,11H2. The molecule has 24 heavy (non-hydrogen) atoms. The van der Waals surface area contributed by atoms with Gasteiger partial charge in [-0.1, -0.05) is 18.2 Å². The van der Waals surface area contributed by atoms with Crippen LogP contribution in [0.3, 0.4) is 0 Å². The molecule has 3 heterocycles. The zero-order chi connectivity index (χ0) is 15.9. The molecule has 0 bridgehead atoms. The van der Waals surface area contributed by atoms with E-state index in [0.717, 1.165) is 22.8 Å². The summed E-state index contributed by atoms with van der Waals surface area (Å²) in [6, 6.07) is 17.0. The fraction of sp³-hybridized carbons (Fsp3) is 0.158. The molecular formula is C19H14O5. The second kappa shape index (κ2) is 5.23. The third-order valence-corrected chi connectivity index (χ3v) is 4.09. The van der Waals surface area contributed by atoms with Crippen LogP contribution < -0.4 is 18.9 Å². The molecule has 5 nitrogen and oxygen atoms in total. The molecule has 0 fully saturated rings. The van der Waals surface area contributed by atoms with Crippen LogP contribution in [0.1, 0.15) is 23.7 Å². The van der Waals surface area contributed by atoms with Crippen LogP contribution >= 0.6 is 0 Å². The van der Waals surface area contributed by atoms with Crippen molar-refractivity contribution in [2.45, 2.75) is 12.4 Å². The van der Waals surface area contributed by atoms with Gasteiger partial charge in [0.25, 0.3) is 6.29 Å². The molecule has 3 aromatic rings. The van der Waals surface area contributed by atoms with Gasteiger partial charge in [0.05, 0.1) is 11.8 Å². The van der Waals surface area contributed by atoms with E-state index >= 15 is 0 Å². The van der Waals surface area contributed by atoms with Gasteiger partial charge in [-0.25, -0.2) is 0 Å². The fourth-order valence-electron chi connectivity index (χ4n) is 2.94. The highest BCUT2D eigenvalue weighted by Gasteiger charge is 2.33. The molecule has 5 rings (SSSR count). The van der Waals surface area contributed by atoms with Crippen LogP contribution in [0.2, 0.25) is 0 Å². The van der Waals surface area contributed by atoms with Gasteiger partial charge in [0.15, 0.2) is 29.1 Å². The van der Waals surface area contributed by atoms with Crippen molar-refractivity contribution in [2.24, 2.45) is 0 Å². The molecule has 2 aliphatic rings. The van der Waals surface area contributed by atoms with E-state index in [9.17, 15) is 0 Å². The predicted octanol–water partition coefficient (Wildman–Crippen LogP) is 4.26. The Kier molecular flexibility index (Phi) is 2.91. The Labute approximate surface area is 138 Å². The molecule has 0 saturated carbocycles. The molecule has 1 aromatic heterocycles. The highest BCUT2D eigenvalue weighted by atomic mass is 16.7. The van der Waals surface area contributed by atoms with Crippen LogP contribution in [0.4, 0.5) is 0 Å². The summed E-state index contributed by atoms with van der Waals surface area (Å²) in [6.07, 6.45) is 0.772. The second-order valence-corrected chi connectivity index (χ2v) is 5.62. The Morgan fingerprint density at radius 3 is 2.29 bits per heavy atom. The largest absolute Gasteiger partial charge is 0.485 e. The number of hydrogen-bond acceptors (Lipinski definition) is 5. The minimum atomic E-state index is -0.559. The van der Waals surface area contributed by atoms with Crippen molar-refractivity contribution in [1.29, 1.82) is 0 Å². The number of benzene rings is 2. The first-order valence-electron chi connectivity index (χ1n) is 7.76. The van der Waals surface area contributed by atoms with Crippen molar-refractivity contribution in [1.82, 2.24) is 0 Å². The van der Waals surface area contributed by atoms with Crippen molar-refractivity contribution < 1.29 is 23.4 Å². The van der Waals surface area contributed by atoms with Crippen LogP contribution in [0.25, 0.3) is 0 Å². The van der Waals surface area contributed by atoms with Gasteiger partial charge in [0.2, 0.25) is 0 Å². The van der Waals surface area contributed by atoms with Gasteiger partial charge in [-0.05, 0) is 36.4 Å². The van der Waals surface area contributed by atoms with E-state index in [2.05, 4.69) is 0 Å². The molecule has 0 aliphatic carbocycles. The van der Waals surface area contributed by atoms with E-state index < -0.39 is 6.29 Å². The SMILES string of the molecule is c1coc(C2COc3cccc(C4Oc5ccccc5O4)c3O2)c1. The van der Waals surface area contributed by atoms with Crippen LogP contribution in [0.15, 0.2) is 65.3 Å². The number of hydrogen-bond donors (Lipinski definition) is 0. The smallest absolute Gasteiger partial charge is 0.271 e. The summed E-state index contributed by atoms with van der Waals surface area (Å²) in [5.74, 6) is 3.48. The lowest BCUT2D eigenvalue weighted by molar-refractivity contribution is 0.0327. The molecule has 2 aliphatic heterocycles. The normalized spacial score (nSPS) is 18.6. The maximum Gasteiger partial charge on any atom is 0.271 e. The van der Waals surface area contributed by atoms with E-state index in [-0.39, 0.29) is 6.10 Å². The van der Waals surface area contributed by atoms with Crippen molar-refractivity contribution in [3.05, 3.63) is 72.2 Å². The molecule has 2 aromatic carbocycles. The molecule has 0 amide bonds. The lowest BCUT2D eigenvalue weighted by Gasteiger charge is -2.27. The fourth-order valence-corrected chi connectivity index (χ4v) is 2.94. The summed E-state index contributed by atoms with van der Waals surface area (Å²) >= 11 is 0. The monoisotopic (exact) mass is 322 g/mol. The van der Waals surface area contributed by atoms with Crippen LogP contribution in [0, 0.1) is 0 Å². The lowest BCUT2D eigenvalue weighted by Crippen LogP contribution is -2.23. The molecule has 0 radical (unpaired) electrons. The quantitative estimate of drug-likeness (QED) is 0.705. The highest BCUT2D eigenvalue weighted by molar-refractivity contribution is 5.51. The maximum atomic E-state index is 6.14. The van der Waals surface area contributed by atoms with Gasteiger partial charge < -0.3 is 23.4 Å². The summed E-state index contributed by atoms with van der Waals surface area (Å²) in [5.41, 5.74) is 0.792. The van der Waals surface area contributed by atoms with Gasteiger partial charge in [0, 0.05) is 0 Å². The first-order chi connectivity index (χ1) is 11.9. The van der Waals surface area contributed by atoms with Gasteiger partial charge >= 0.3 is 0 Å². The van der Waals surface area contributed by atoms with Crippen molar-refractivity contribution in [2.75, 3.05) is 6.61 Å². The van der Waals surface area contributed by atoms with Crippen LogP contribution in [-0.2, 0) is 0 Å². The van der Waals surface area contributed by atoms with Crippen LogP contribution in [0.5, 0.6) is 23.0 Å². The Balaban J connectivity index is 1.49. The summed E-state index contributed by atoms with van der Waals surface area (Å²) in [7, 11) is 0. The Morgan fingerprint density at radius 2 is 1.54 bits per heavy atom. The molecule has 0 spiro atoms. The summed E-state index contributed by atoms with van der Waals surface area (Å²) < 4.78 is 29.2. The predicted molar refractivity (Wildman–Crippen MR) is 84.5 cm³/mol. The summed E-state index contributed by atoms with van der Waals surface area (Å²) in [6.45, 7) is 0.399. The van der Waals surface area contributed by atoms with Crippen LogP contribution in [-0.4, -0.2) is 6.61 Å². The first-order valence-corrected chi connectivity index (χ1v) is 7.76. The van der Waals surface area contributed by atoms with E-state index in [0.29, 0.717) is 18.1 Å². The van der Waals surface area contributed by atoms with Crippen molar-refractivity contribution in [3.63, 3.8) is 0 Å². The first kappa shape index (κ1) is 13.4. The molecule has 120 valence electrons. The Bertz CT molecular complexity index is 846. The Hall–Kier alpha value is -3.08. The van der Waals surface area contributed by atoms with Gasteiger partial charge in [-0.15, -0.1) is 0 Å². The zero-order valence-electron chi connectivity index (χ0n) is 12.7. The number of furan rings is 1. The number of fused-ring (bicyclic) bond motifs is 2. The van der Waals surface area contributed by atoms with E-state index in [1.54, 1.807) is 6.26 Å².